The van der Waals surface area contributed by atoms with E-state index in [0.717, 1.165) is 49.8 Å². The molecule has 2 unspecified atom stereocenters. The predicted octanol–water partition coefficient (Wildman–Crippen LogP) is 2.76. The third-order valence-electron chi connectivity index (χ3n) is 4.83. The van der Waals surface area contributed by atoms with E-state index in [1.54, 1.807) is 0 Å². The van der Waals surface area contributed by atoms with Crippen LogP contribution in [0.4, 0.5) is 9.18 Å². The maximum Gasteiger partial charge on any atom is 0.318 e. The van der Waals surface area contributed by atoms with Crippen LogP contribution in [-0.4, -0.2) is 35.2 Å². The molecule has 0 saturated carbocycles. The number of aliphatic hydroxyl groups excluding tert-OH is 1. The normalized spacial score (nSPS) is 24.2. The Kier molecular flexibility index (Phi) is 4.62. The molecule has 2 aliphatic rings. The Morgan fingerprint density at radius 1 is 1.36 bits per heavy atom. The van der Waals surface area contributed by atoms with E-state index in [9.17, 15) is 9.18 Å². The van der Waals surface area contributed by atoms with Crippen molar-refractivity contribution in [2.45, 2.75) is 50.6 Å². The monoisotopic (exact) mass is 306 g/mol. The van der Waals surface area contributed by atoms with Crippen molar-refractivity contribution in [1.82, 2.24) is 10.2 Å². The number of nitrogens with one attached hydrogen (secondary N) is 1. The topological polar surface area (TPSA) is 52.6 Å². The molecule has 1 saturated heterocycles. The van der Waals surface area contributed by atoms with Crippen molar-refractivity contribution in [3.8, 4) is 0 Å². The summed E-state index contributed by atoms with van der Waals surface area (Å²) in [6.45, 7) is 0.838. The highest BCUT2D eigenvalue weighted by Crippen LogP contribution is 2.32. The maximum absolute atomic E-state index is 13.4. The lowest BCUT2D eigenvalue weighted by molar-refractivity contribution is 0.129. The summed E-state index contributed by atoms with van der Waals surface area (Å²) in [5.74, 6) is -0.254. The van der Waals surface area contributed by atoms with Gasteiger partial charge in [-0.1, -0.05) is 6.07 Å². The van der Waals surface area contributed by atoms with E-state index in [-0.39, 0.29) is 30.5 Å². The number of halogens is 1. The molecule has 1 fully saturated rings. The number of urea groups is 1. The summed E-state index contributed by atoms with van der Waals surface area (Å²) in [7, 11) is 0. The van der Waals surface area contributed by atoms with Gasteiger partial charge in [-0.05, 0) is 61.8 Å². The fraction of sp³-hybridized carbons (Fsp3) is 0.588. The average Bonchev–Trinajstić information content (AvgIpc) is 2.90. The van der Waals surface area contributed by atoms with Gasteiger partial charge in [-0.25, -0.2) is 9.18 Å². The van der Waals surface area contributed by atoms with Gasteiger partial charge in [-0.15, -0.1) is 0 Å². The minimum atomic E-state index is -0.254. The van der Waals surface area contributed by atoms with Crippen LogP contribution >= 0.6 is 0 Å². The molecule has 2 N–H and O–H groups in total. The quantitative estimate of drug-likeness (QED) is 0.902. The molecule has 0 radical (unpaired) electrons. The van der Waals surface area contributed by atoms with E-state index in [1.165, 1.54) is 12.1 Å². The number of hydrogen-bond donors (Lipinski definition) is 2. The number of nitrogens with zero attached hydrogens (tertiary/aromatic N) is 1. The van der Waals surface area contributed by atoms with Gasteiger partial charge in [0, 0.05) is 19.2 Å². The molecule has 1 aliphatic heterocycles. The SMILES string of the molecule is O=C(NC1CCc2ccc(F)cc21)N1CCCCC1CCO. The Hall–Kier alpha value is -1.62. The Bertz CT molecular complexity index is 547. The molecule has 1 aliphatic carbocycles. The Balaban J connectivity index is 1.68. The van der Waals surface area contributed by atoms with Crippen molar-refractivity contribution in [1.29, 1.82) is 0 Å². The zero-order chi connectivity index (χ0) is 15.5. The molecule has 120 valence electrons. The van der Waals surface area contributed by atoms with Gasteiger partial charge in [0.05, 0.1) is 6.04 Å². The van der Waals surface area contributed by atoms with Crippen molar-refractivity contribution in [2.24, 2.45) is 0 Å². The van der Waals surface area contributed by atoms with Crippen LogP contribution in [0.15, 0.2) is 18.2 Å². The van der Waals surface area contributed by atoms with E-state index in [1.807, 2.05) is 11.0 Å². The molecule has 22 heavy (non-hydrogen) atoms. The highest BCUT2D eigenvalue weighted by atomic mass is 19.1. The molecule has 2 atom stereocenters. The highest BCUT2D eigenvalue weighted by molar-refractivity contribution is 5.75. The summed E-state index contributed by atoms with van der Waals surface area (Å²) >= 11 is 0. The van der Waals surface area contributed by atoms with Crippen molar-refractivity contribution in [3.63, 3.8) is 0 Å². The third kappa shape index (κ3) is 3.09. The Morgan fingerprint density at radius 3 is 3.05 bits per heavy atom. The van der Waals surface area contributed by atoms with Crippen LogP contribution in [0.1, 0.15) is 49.3 Å². The van der Waals surface area contributed by atoms with Crippen LogP contribution in [0.5, 0.6) is 0 Å². The third-order valence-corrected chi connectivity index (χ3v) is 4.83. The van der Waals surface area contributed by atoms with Crippen molar-refractivity contribution < 1.29 is 14.3 Å². The van der Waals surface area contributed by atoms with E-state index in [4.69, 9.17) is 5.11 Å². The van der Waals surface area contributed by atoms with Gasteiger partial charge >= 0.3 is 6.03 Å². The smallest absolute Gasteiger partial charge is 0.318 e. The van der Waals surface area contributed by atoms with Gasteiger partial charge in [-0.3, -0.25) is 0 Å². The number of benzene rings is 1. The molecule has 3 rings (SSSR count). The van der Waals surface area contributed by atoms with Gasteiger partial charge in [0.1, 0.15) is 5.82 Å². The number of carbonyl (C=O) groups excluding carboxylic acids is 1. The number of aliphatic hydroxyl groups is 1. The first-order chi connectivity index (χ1) is 10.7. The molecule has 1 aromatic carbocycles. The van der Waals surface area contributed by atoms with Gasteiger partial charge in [0.15, 0.2) is 0 Å². The molecule has 1 aromatic rings. The molecule has 2 amide bonds. The second-order valence-corrected chi connectivity index (χ2v) is 6.24. The fourth-order valence-corrected chi connectivity index (χ4v) is 3.67. The van der Waals surface area contributed by atoms with Crippen LogP contribution < -0.4 is 5.32 Å². The fourth-order valence-electron chi connectivity index (χ4n) is 3.67. The zero-order valence-electron chi connectivity index (χ0n) is 12.7. The number of amides is 2. The van der Waals surface area contributed by atoms with Gasteiger partial charge in [0.25, 0.3) is 0 Å². The van der Waals surface area contributed by atoms with Crippen LogP contribution in [-0.2, 0) is 6.42 Å². The number of aryl methyl sites for hydroxylation is 1. The number of piperidine rings is 1. The molecule has 0 spiro atoms. The predicted molar refractivity (Wildman–Crippen MR) is 82.0 cm³/mol. The number of rotatable bonds is 3. The Morgan fingerprint density at radius 2 is 2.23 bits per heavy atom. The number of carbonyl (C=O) groups is 1. The molecule has 4 nitrogen and oxygen atoms in total. The molecular formula is C17H23FN2O2. The van der Waals surface area contributed by atoms with E-state index >= 15 is 0 Å². The van der Waals surface area contributed by atoms with Crippen LogP contribution in [0.3, 0.4) is 0 Å². The zero-order valence-corrected chi connectivity index (χ0v) is 12.7. The van der Waals surface area contributed by atoms with Gasteiger partial charge < -0.3 is 15.3 Å². The van der Waals surface area contributed by atoms with Crippen molar-refractivity contribution in [2.75, 3.05) is 13.2 Å². The van der Waals surface area contributed by atoms with Crippen molar-refractivity contribution >= 4 is 6.03 Å². The molecular weight excluding hydrogens is 283 g/mol. The van der Waals surface area contributed by atoms with E-state index < -0.39 is 0 Å². The second kappa shape index (κ2) is 6.65. The van der Waals surface area contributed by atoms with Gasteiger partial charge in [0.2, 0.25) is 0 Å². The minimum absolute atomic E-state index is 0.0831. The molecule has 1 heterocycles. The van der Waals surface area contributed by atoms with Crippen LogP contribution in [0.2, 0.25) is 0 Å². The van der Waals surface area contributed by atoms with Gasteiger partial charge in [-0.2, -0.15) is 0 Å². The first-order valence-electron chi connectivity index (χ1n) is 8.15. The first-order valence-corrected chi connectivity index (χ1v) is 8.15. The summed E-state index contributed by atoms with van der Waals surface area (Å²) in [4.78, 5) is 14.4. The summed E-state index contributed by atoms with van der Waals surface area (Å²) in [6.07, 6.45) is 5.38. The van der Waals surface area contributed by atoms with E-state index in [2.05, 4.69) is 5.32 Å². The highest BCUT2D eigenvalue weighted by Gasteiger charge is 2.30. The van der Waals surface area contributed by atoms with Crippen molar-refractivity contribution in [3.05, 3.63) is 35.1 Å². The lowest BCUT2D eigenvalue weighted by Crippen LogP contribution is -2.49. The molecule has 0 bridgehead atoms. The number of hydrogen-bond acceptors (Lipinski definition) is 2. The van der Waals surface area contributed by atoms with Crippen LogP contribution in [0, 0.1) is 5.82 Å². The Labute approximate surface area is 130 Å². The maximum atomic E-state index is 13.4. The van der Waals surface area contributed by atoms with E-state index in [0.29, 0.717) is 6.42 Å². The number of likely N-dealkylation sites (tertiary alicyclic amines) is 1. The lowest BCUT2D eigenvalue weighted by Gasteiger charge is -2.36. The summed E-state index contributed by atoms with van der Waals surface area (Å²) in [6, 6.07) is 4.76. The number of fused-ring (bicyclic) bond motifs is 1. The van der Waals surface area contributed by atoms with Crippen LogP contribution in [0.25, 0.3) is 0 Å². The summed E-state index contributed by atoms with van der Waals surface area (Å²) in [5, 5.41) is 12.2. The lowest BCUT2D eigenvalue weighted by atomic mass is 10.00. The molecule has 5 heteroatoms. The average molecular weight is 306 g/mol. The largest absolute Gasteiger partial charge is 0.396 e. The standard InChI is InChI=1S/C17H23FN2O2/c18-13-6-4-12-5-7-16(15(12)11-13)19-17(22)20-9-2-1-3-14(20)8-10-21/h4,6,11,14,16,21H,1-3,5,7-10H2,(H,19,22). The summed E-state index contributed by atoms with van der Waals surface area (Å²) < 4.78 is 13.4. The summed E-state index contributed by atoms with van der Waals surface area (Å²) in [5.41, 5.74) is 2.03. The second-order valence-electron chi connectivity index (χ2n) is 6.24. The minimum Gasteiger partial charge on any atom is -0.396 e. The first kappa shape index (κ1) is 15.3. The molecule has 0 aromatic heterocycles.